The van der Waals surface area contributed by atoms with Gasteiger partial charge in [0.15, 0.2) is 0 Å². The standard InChI is InChI=1S/C13H17Cl2NO/c1-8-5-9(2)17-13(7-16-8)11-4-3-10(14)6-12(11)15/h3-4,6,8-9,13,16H,5,7H2,1-2H3. The molecule has 1 aliphatic rings. The van der Waals surface area contributed by atoms with Gasteiger partial charge in [-0.1, -0.05) is 29.3 Å². The molecule has 2 rings (SSSR count). The predicted octanol–water partition coefficient (Wildman–Crippen LogP) is 3.82. The minimum atomic E-state index is -0.000262. The van der Waals surface area contributed by atoms with Crippen LogP contribution in [-0.2, 0) is 4.74 Å². The topological polar surface area (TPSA) is 21.3 Å². The summed E-state index contributed by atoms with van der Waals surface area (Å²) in [5.74, 6) is 0. The third kappa shape index (κ3) is 3.35. The average Bonchev–Trinajstić information content (AvgIpc) is 2.39. The number of nitrogens with one attached hydrogen (secondary N) is 1. The Bertz CT molecular complexity index is 397. The Hall–Kier alpha value is -0.280. The highest BCUT2D eigenvalue weighted by Crippen LogP contribution is 2.30. The first-order chi connectivity index (χ1) is 8.06. The third-order valence-corrected chi connectivity index (χ3v) is 3.61. The van der Waals surface area contributed by atoms with E-state index in [1.807, 2.05) is 12.1 Å². The SMILES string of the molecule is CC1CC(C)OC(c2ccc(Cl)cc2Cl)CN1. The summed E-state index contributed by atoms with van der Waals surface area (Å²) in [7, 11) is 0. The van der Waals surface area contributed by atoms with E-state index < -0.39 is 0 Å². The molecule has 1 aromatic carbocycles. The number of hydrogen-bond donors (Lipinski definition) is 1. The van der Waals surface area contributed by atoms with Crippen LogP contribution in [0.1, 0.15) is 31.9 Å². The maximum atomic E-state index is 6.21. The molecule has 1 aliphatic heterocycles. The summed E-state index contributed by atoms with van der Waals surface area (Å²) >= 11 is 12.1. The van der Waals surface area contributed by atoms with Crippen molar-refractivity contribution in [1.29, 1.82) is 0 Å². The molecule has 17 heavy (non-hydrogen) atoms. The fraction of sp³-hybridized carbons (Fsp3) is 0.538. The second kappa shape index (κ2) is 5.57. The maximum absolute atomic E-state index is 6.21. The van der Waals surface area contributed by atoms with E-state index in [0.29, 0.717) is 16.1 Å². The summed E-state index contributed by atoms with van der Waals surface area (Å²) in [5, 5.41) is 4.78. The van der Waals surface area contributed by atoms with Gasteiger partial charge < -0.3 is 10.1 Å². The Kier molecular flexibility index (Phi) is 4.31. The number of ether oxygens (including phenoxy) is 1. The quantitative estimate of drug-likeness (QED) is 0.840. The van der Waals surface area contributed by atoms with Crippen LogP contribution in [0.4, 0.5) is 0 Å². The van der Waals surface area contributed by atoms with Crippen LogP contribution in [-0.4, -0.2) is 18.7 Å². The average molecular weight is 274 g/mol. The van der Waals surface area contributed by atoms with Crippen molar-refractivity contribution in [3.63, 3.8) is 0 Å². The van der Waals surface area contributed by atoms with Gasteiger partial charge in [-0.15, -0.1) is 0 Å². The van der Waals surface area contributed by atoms with Crippen LogP contribution in [0.25, 0.3) is 0 Å². The summed E-state index contributed by atoms with van der Waals surface area (Å²) in [5.41, 5.74) is 1.00. The van der Waals surface area contributed by atoms with Crippen molar-refractivity contribution in [1.82, 2.24) is 5.32 Å². The van der Waals surface area contributed by atoms with Crippen molar-refractivity contribution in [3.8, 4) is 0 Å². The van der Waals surface area contributed by atoms with Gasteiger partial charge in [-0.3, -0.25) is 0 Å². The van der Waals surface area contributed by atoms with Gasteiger partial charge in [-0.25, -0.2) is 0 Å². The van der Waals surface area contributed by atoms with Crippen LogP contribution >= 0.6 is 23.2 Å². The molecule has 0 aliphatic carbocycles. The van der Waals surface area contributed by atoms with Gasteiger partial charge in [-0.05, 0) is 32.4 Å². The van der Waals surface area contributed by atoms with E-state index in [-0.39, 0.29) is 12.2 Å². The van der Waals surface area contributed by atoms with Crippen LogP contribution < -0.4 is 5.32 Å². The van der Waals surface area contributed by atoms with E-state index in [2.05, 4.69) is 19.2 Å². The van der Waals surface area contributed by atoms with Gasteiger partial charge in [0, 0.05) is 28.2 Å². The fourth-order valence-electron chi connectivity index (χ4n) is 2.22. The molecule has 0 aromatic heterocycles. The highest BCUT2D eigenvalue weighted by atomic mass is 35.5. The fourth-order valence-corrected chi connectivity index (χ4v) is 2.75. The lowest BCUT2D eigenvalue weighted by Gasteiger charge is -2.20. The zero-order valence-corrected chi connectivity index (χ0v) is 11.6. The van der Waals surface area contributed by atoms with Crippen LogP contribution in [0.15, 0.2) is 18.2 Å². The highest BCUT2D eigenvalue weighted by Gasteiger charge is 2.23. The second-order valence-electron chi connectivity index (χ2n) is 4.65. The predicted molar refractivity (Wildman–Crippen MR) is 71.8 cm³/mol. The first-order valence-electron chi connectivity index (χ1n) is 5.90. The summed E-state index contributed by atoms with van der Waals surface area (Å²) in [6, 6.07) is 6.03. The van der Waals surface area contributed by atoms with Gasteiger partial charge in [0.1, 0.15) is 0 Å². The first kappa shape index (κ1) is 13.2. The molecule has 0 amide bonds. The van der Waals surface area contributed by atoms with Gasteiger partial charge >= 0.3 is 0 Å². The molecule has 94 valence electrons. The Morgan fingerprint density at radius 1 is 1.29 bits per heavy atom. The van der Waals surface area contributed by atoms with Crippen molar-refractivity contribution < 1.29 is 4.74 Å². The molecule has 0 bridgehead atoms. The van der Waals surface area contributed by atoms with Crippen LogP contribution in [0.5, 0.6) is 0 Å². The molecular weight excluding hydrogens is 257 g/mol. The Labute approximate surface area is 112 Å². The van der Waals surface area contributed by atoms with Crippen molar-refractivity contribution in [2.45, 2.75) is 38.5 Å². The molecule has 1 N–H and O–H groups in total. The molecule has 1 saturated heterocycles. The van der Waals surface area contributed by atoms with Gasteiger partial charge in [0.25, 0.3) is 0 Å². The van der Waals surface area contributed by atoms with Crippen LogP contribution in [0.2, 0.25) is 10.0 Å². The van der Waals surface area contributed by atoms with E-state index in [0.717, 1.165) is 18.5 Å². The number of hydrogen-bond acceptors (Lipinski definition) is 2. The number of benzene rings is 1. The Balaban J connectivity index is 2.20. The molecule has 3 unspecified atom stereocenters. The molecule has 1 fully saturated rings. The molecule has 0 radical (unpaired) electrons. The Morgan fingerprint density at radius 2 is 2.06 bits per heavy atom. The summed E-state index contributed by atoms with van der Waals surface area (Å²) in [6.07, 6.45) is 1.25. The smallest absolute Gasteiger partial charge is 0.0967 e. The van der Waals surface area contributed by atoms with E-state index in [9.17, 15) is 0 Å². The largest absolute Gasteiger partial charge is 0.369 e. The lowest BCUT2D eigenvalue weighted by atomic mass is 10.1. The van der Waals surface area contributed by atoms with Crippen molar-refractivity contribution >= 4 is 23.2 Å². The lowest BCUT2D eigenvalue weighted by Crippen LogP contribution is -2.28. The molecule has 0 saturated carbocycles. The maximum Gasteiger partial charge on any atom is 0.0967 e. The minimum Gasteiger partial charge on any atom is -0.369 e. The summed E-state index contributed by atoms with van der Waals surface area (Å²) < 4.78 is 6.00. The molecule has 2 nitrogen and oxygen atoms in total. The monoisotopic (exact) mass is 273 g/mol. The van der Waals surface area contributed by atoms with Crippen LogP contribution in [0.3, 0.4) is 0 Å². The minimum absolute atomic E-state index is 0.000262. The van der Waals surface area contributed by atoms with Gasteiger partial charge in [-0.2, -0.15) is 0 Å². The zero-order chi connectivity index (χ0) is 12.4. The second-order valence-corrected chi connectivity index (χ2v) is 5.49. The third-order valence-electron chi connectivity index (χ3n) is 3.04. The van der Waals surface area contributed by atoms with Crippen molar-refractivity contribution in [2.24, 2.45) is 0 Å². The van der Waals surface area contributed by atoms with Crippen LogP contribution in [0, 0.1) is 0 Å². The highest BCUT2D eigenvalue weighted by molar-refractivity contribution is 6.35. The number of halogens is 2. The summed E-state index contributed by atoms with van der Waals surface area (Å²) in [6.45, 7) is 5.05. The van der Waals surface area contributed by atoms with E-state index in [1.165, 1.54) is 0 Å². The molecule has 3 atom stereocenters. The molecule has 1 aromatic rings. The van der Waals surface area contributed by atoms with E-state index in [4.69, 9.17) is 27.9 Å². The number of rotatable bonds is 1. The van der Waals surface area contributed by atoms with Gasteiger partial charge in [0.05, 0.1) is 12.2 Å². The van der Waals surface area contributed by atoms with Crippen molar-refractivity contribution in [2.75, 3.05) is 6.54 Å². The normalized spacial score (nSPS) is 30.0. The van der Waals surface area contributed by atoms with E-state index in [1.54, 1.807) is 6.07 Å². The molecule has 0 spiro atoms. The first-order valence-corrected chi connectivity index (χ1v) is 6.65. The molecule has 4 heteroatoms. The zero-order valence-electron chi connectivity index (χ0n) is 10.0. The molecular formula is C13H17Cl2NO. The van der Waals surface area contributed by atoms with E-state index >= 15 is 0 Å². The van der Waals surface area contributed by atoms with Crippen molar-refractivity contribution in [3.05, 3.63) is 33.8 Å². The molecule has 1 heterocycles. The van der Waals surface area contributed by atoms with Gasteiger partial charge in [0.2, 0.25) is 0 Å². The Morgan fingerprint density at radius 3 is 2.76 bits per heavy atom. The lowest BCUT2D eigenvalue weighted by molar-refractivity contribution is 0.00724. The summed E-state index contributed by atoms with van der Waals surface area (Å²) in [4.78, 5) is 0.